The fraction of sp³-hybridized carbons (Fsp3) is 0.238. The van der Waals surface area contributed by atoms with Gasteiger partial charge in [0.15, 0.2) is 0 Å². The van der Waals surface area contributed by atoms with E-state index in [-0.39, 0.29) is 17.6 Å². The number of aromatic amines is 1. The topological polar surface area (TPSA) is 71.2 Å². The number of fused-ring (bicyclic) bond motifs is 1. The minimum absolute atomic E-state index is 0.0847. The summed E-state index contributed by atoms with van der Waals surface area (Å²) in [6, 6.07) is 12.5. The zero-order chi connectivity index (χ0) is 18.8. The standard InChI is InChI=1S/C21H22N2O3/c1-12(2)26-17-8-5-15(6-9-17)21(25)22-16-7-10-18-13(3)14(4)20(24)23-19(18)11-16/h5-12H,1-4H3,(H,22,25)(H,23,24). The van der Waals surface area contributed by atoms with Gasteiger partial charge in [0, 0.05) is 22.2 Å². The number of hydrogen-bond donors (Lipinski definition) is 2. The molecule has 134 valence electrons. The number of carbonyl (C=O) groups excluding carboxylic acids is 1. The number of ether oxygens (including phenoxy) is 1. The Kier molecular flexibility index (Phi) is 4.80. The summed E-state index contributed by atoms with van der Waals surface area (Å²) in [6.45, 7) is 7.63. The van der Waals surface area contributed by atoms with Gasteiger partial charge in [0.05, 0.1) is 11.6 Å². The van der Waals surface area contributed by atoms with Gasteiger partial charge in [-0.1, -0.05) is 6.07 Å². The van der Waals surface area contributed by atoms with Crippen LogP contribution >= 0.6 is 0 Å². The molecule has 0 bridgehead atoms. The zero-order valence-electron chi connectivity index (χ0n) is 15.3. The number of benzene rings is 2. The van der Waals surface area contributed by atoms with Crippen LogP contribution in [-0.2, 0) is 0 Å². The van der Waals surface area contributed by atoms with E-state index in [1.54, 1.807) is 37.3 Å². The van der Waals surface area contributed by atoms with Gasteiger partial charge in [-0.2, -0.15) is 0 Å². The van der Waals surface area contributed by atoms with Crippen LogP contribution in [0.15, 0.2) is 47.3 Å². The van der Waals surface area contributed by atoms with Crippen LogP contribution in [0.2, 0.25) is 0 Å². The lowest BCUT2D eigenvalue weighted by molar-refractivity contribution is 0.102. The number of aryl methyl sites for hydroxylation is 1. The third-order valence-electron chi connectivity index (χ3n) is 4.32. The SMILES string of the molecule is Cc1c(C)c2ccc(NC(=O)c3ccc(OC(C)C)cc3)cc2[nH]c1=O. The van der Waals surface area contributed by atoms with Crippen LogP contribution in [0, 0.1) is 13.8 Å². The molecular formula is C21H22N2O3. The number of pyridine rings is 1. The lowest BCUT2D eigenvalue weighted by Crippen LogP contribution is -2.13. The summed E-state index contributed by atoms with van der Waals surface area (Å²) in [6.07, 6.45) is 0.0847. The van der Waals surface area contributed by atoms with Crippen LogP contribution in [0.4, 0.5) is 5.69 Å². The highest BCUT2D eigenvalue weighted by Gasteiger charge is 2.09. The van der Waals surface area contributed by atoms with Gasteiger partial charge in [0.1, 0.15) is 5.75 Å². The average molecular weight is 350 g/mol. The quantitative estimate of drug-likeness (QED) is 0.741. The zero-order valence-corrected chi connectivity index (χ0v) is 15.3. The minimum Gasteiger partial charge on any atom is -0.491 e. The maximum Gasteiger partial charge on any atom is 0.255 e. The van der Waals surface area contributed by atoms with Crippen molar-refractivity contribution in [3.8, 4) is 5.75 Å². The minimum atomic E-state index is -0.216. The molecule has 0 spiro atoms. The maximum atomic E-state index is 12.4. The first-order chi connectivity index (χ1) is 12.3. The summed E-state index contributed by atoms with van der Waals surface area (Å²) in [5, 5.41) is 3.83. The lowest BCUT2D eigenvalue weighted by atomic mass is 10.1. The summed E-state index contributed by atoms with van der Waals surface area (Å²) in [5.74, 6) is 0.511. The summed E-state index contributed by atoms with van der Waals surface area (Å²) >= 11 is 0. The fourth-order valence-corrected chi connectivity index (χ4v) is 2.80. The summed E-state index contributed by atoms with van der Waals surface area (Å²) < 4.78 is 5.58. The van der Waals surface area contributed by atoms with Crippen LogP contribution in [0.25, 0.3) is 10.9 Å². The molecule has 3 aromatic rings. The fourth-order valence-electron chi connectivity index (χ4n) is 2.80. The normalized spacial score (nSPS) is 11.0. The second-order valence-electron chi connectivity index (χ2n) is 6.61. The summed E-state index contributed by atoms with van der Waals surface area (Å²) in [5.41, 5.74) is 3.41. The molecule has 1 amide bonds. The van der Waals surface area contributed by atoms with Crippen molar-refractivity contribution in [3.63, 3.8) is 0 Å². The average Bonchev–Trinajstić information content (AvgIpc) is 2.59. The van der Waals surface area contributed by atoms with Gasteiger partial charge in [-0.25, -0.2) is 0 Å². The number of aromatic nitrogens is 1. The molecular weight excluding hydrogens is 328 g/mol. The largest absolute Gasteiger partial charge is 0.491 e. The van der Waals surface area contributed by atoms with Gasteiger partial charge in [0.2, 0.25) is 0 Å². The molecule has 2 aromatic carbocycles. The van der Waals surface area contributed by atoms with Crippen LogP contribution in [0.1, 0.15) is 35.3 Å². The predicted octanol–water partition coefficient (Wildman–Crippen LogP) is 4.18. The van der Waals surface area contributed by atoms with Crippen molar-refractivity contribution < 1.29 is 9.53 Å². The van der Waals surface area contributed by atoms with E-state index in [0.717, 1.165) is 16.7 Å². The highest BCUT2D eigenvalue weighted by atomic mass is 16.5. The van der Waals surface area contributed by atoms with Crippen molar-refractivity contribution in [1.29, 1.82) is 0 Å². The Labute approximate surface area is 152 Å². The molecule has 0 saturated carbocycles. The van der Waals surface area contributed by atoms with E-state index in [1.165, 1.54) is 0 Å². The van der Waals surface area contributed by atoms with Crippen LogP contribution in [-0.4, -0.2) is 17.0 Å². The molecule has 0 radical (unpaired) electrons. The Balaban J connectivity index is 1.83. The highest BCUT2D eigenvalue weighted by molar-refractivity contribution is 6.05. The molecule has 0 aliphatic carbocycles. The molecule has 5 nitrogen and oxygen atoms in total. The van der Waals surface area contributed by atoms with E-state index in [4.69, 9.17) is 4.74 Å². The maximum absolute atomic E-state index is 12.4. The molecule has 26 heavy (non-hydrogen) atoms. The lowest BCUT2D eigenvalue weighted by Gasteiger charge is -2.11. The Bertz CT molecular complexity index is 1020. The van der Waals surface area contributed by atoms with Crippen molar-refractivity contribution >= 4 is 22.5 Å². The molecule has 2 N–H and O–H groups in total. The molecule has 1 aromatic heterocycles. The van der Waals surface area contributed by atoms with Gasteiger partial charge in [-0.15, -0.1) is 0 Å². The number of H-pyrrole nitrogens is 1. The Morgan fingerprint density at radius 3 is 2.38 bits per heavy atom. The van der Waals surface area contributed by atoms with Crippen LogP contribution in [0.3, 0.4) is 0 Å². The van der Waals surface area contributed by atoms with Gasteiger partial charge in [-0.05, 0) is 69.7 Å². The predicted molar refractivity (Wildman–Crippen MR) is 104 cm³/mol. The second-order valence-corrected chi connectivity index (χ2v) is 6.61. The van der Waals surface area contributed by atoms with Gasteiger partial charge in [-0.3, -0.25) is 9.59 Å². The molecule has 0 fully saturated rings. The van der Waals surface area contributed by atoms with E-state index in [2.05, 4.69) is 10.3 Å². The summed E-state index contributed by atoms with van der Waals surface area (Å²) in [4.78, 5) is 27.3. The first-order valence-corrected chi connectivity index (χ1v) is 8.56. The van der Waals surface area contributed by atoms with Gasteiger partial charge in [0.25, 0.3) is 11.5 Å². The molecule has 0 saturated heterocycles. The molecule has 0 aliphatic rings. The van der Waals surface area contributed by atoms with Gasteiger partial charge >= 0.3 is 0 Å². The number of anilines is 1. The van der Waals surface area contributed by atoms with Crippen LogP contribution < -0.4 is 15.6 Å². The number of rotatable bonds is 4. The van der Waals surface area contributed by atoms with E-state index in [0.29, 0.717) is 22.3 Å². The first kappa shape index (κ1) is 17.7. The first-order valence-electron chi connectivity index (χ1n) is 8.56. The summed E-state index contributed by atoms with van der Waals surface area (Å²) in [7, 11) is 0. The molecule has 1 heterocycles. The third kappa shape index (κ3) is 3.61. The van der Waals surface area contributed by atoms with Crippen molar-refractivity contribution in [2.24, 2.45) is 0 Å². The number of nitrogens with one attached hydrogen (secondary N) is 2. The van der Waals surface area contributed by atoms with E-state index in [9.17, 15) is 9.59 Å². The molecule has 0 aliphatic heterocycles. The monoisotopic (exact) mass is 350 g/mol. The van der Waals surface area contributed by atoms with Crippen molar-refractivity contribution in [2.45, 2.75) is 33.8 Å². The highest BCUT2D eigenvalue weighted by Crippen LogP contribution is 2.22. The Morgan fingerprint density at radius 2 is 1.73 bits per heavy atom. The second kappa shape index (κ2) is 7.04. The Morgan fingerprint density at radius 1 is 1.04 bits per heavy atom. The number of amides is 1. The van der Waals surface area contributed by atoms with Crippen molar-refractivity contribution in [1.82, 2.24) is 4.98 Å². The van der Waals surface area contributed by atoms with E-state index >= 15 is 0 Å². The van der Waals surface area contributed by atoms with Gasteiger partial charge < -0.3 is 15.0 Å². The van der Waals surface area contributed by atoms with Crippen molar-refractivity contribution in [2.75, 3.05) is 5.32 Å². The van der Waals surface area contributed by atoms with Crippen LogP contribution in [0.5, 0.6) is 5.75 Å². The molecule has 3 rings (SSSR count). The third-order valence-corrected chi connectivity index (χ3v) is 4.32. The Hall–Kier alpha value is -3.08. The van der Waals surface area contributed by atoms with E-state index in [1.807, 2.05) is 32.9 Å². The smallest absolute Gasteiger partial charge is 0.255 e. The number of carbonyl (C=O) groups is 1. The molecule has 0 atom stereocenters. The van der Waals surface area contributed by atoms with E-state index < -0.39 is 0 Å². The molecule has 5 heteroatoms. The van der Waals surface area contributed by atoms with Crippen molar-refractivity contribution in [3.05, 3.63) is 69.5 Å². The molecule has 0 unspecified atom stereocenters. The number of hydrogen-bond acceptors (Lipinski definition) is 3.